The molecule has 0 amide bonds. The molecule has 0 bridgehead atoms. The number of aliphatic hydroxyl groups is 1. The molecule has 0 saturated heterocycles. The molecule has 5 nitrogen and oxygen atoms in total. The number of nitrogens with zero attached hydrogens (tertiary/aromatic N) is 2. The zero-order valence-corrected chi connectivity index (χ0v) is 15.8. The van der Waals surface area contributed by atoms with Crippen molar-refractivity contribution < 1.29 is 5.11 Å². The third-order valence-electron chi connectivity index (χ3n) is 4.41. The Morgan fingerprint density at radius 2 is 1.85 bits per heavy atom. The van der Waals surface area contributed by atoms with Crippen LogP contribution in [0.4, 0.5) is 0 Å². The Morgan fingerprint density at radius 1 is 1.12 bits per heavy atom. The molecule has 1 N–H and O–H groups in total. The summed E-state index contributed by atoms with van der Waals surface area (Å²) in [5, 5.41) is 9.75. The van der Waals surface area contributed by atoms with Crippen molar-refractivity contribution in [3.63, 3.8) is 0 Å². The van der Waals surface area contributed by atoms with E-state index in [2.05, 4.69) is 0 Å². The molecule has 0 radical (unpaired) electrons. The molecule has 0 aliphatic rings. The van der Waals surface area contributed by atoms with Crippen LogP contribution >= 0.6 is 11.3 Å². The molecule has 136 valence electrons. The van der Waals surface area contributed by atoms with Crippen LogP contribution < -0.4 is 11.2 Å². The predicted molar refractivity (Wildman–Crippen MR) is 108 cm³/mol. The zero-order chi connectivity index (χ0) is 18.7. The van der Waals surface area contributed by atoms with Crippen LogP contribution in [0.5, 0.6) is 0 Å². The van der Waals surface area contributed by atoms with E-state index in [-0.39, 0.29) is 17.9 Å². The standard InChI is InChI=1S/C20H22N2O3S/c1-3-21-18(24)17-14(2)16(11-10-15-8-5-4-6-9-15)26-19(17)22(20(21)25)12-7-13-23/h4-6,8-11,23H,3,7,12-13H2,1-2H3. The number of aryl methyl sites for hydroxylation is 2. The van der Waals surface area contributed by atoms with E-state index in [1.54, 1.807) is 11.5 Å². The van der Waals surface area contributed by atoms with Gasteiger partial charge in [-0.15, -0.1) is 11.3 Å². The van der Waals surface area contributed by atoms with Crippen molar-refractivity contribution in [2.45, 2.75) is 33.4 Å². The first-order chi connectivity index (χ1) is 12.6. The molecule has 2 heterocycles. The first-order valence-corrected chi connectivity index (χ1v) is 9.50. The van der Waals surface area contributed by atoms with Gasteiger partial charge in [0.2, 0.25) is 0 Å². The molecule has 3 aromatic rings. The van der Waals surface area contributed by atoms with E-state index in [0.717, 1.165) is 16.0 Å². The molecule has 0 aliphatic heterocycles. The van der Waals surface area contributed by atoms with E-state index in [1.807, 2.05) is 49.4 Å². The van der Waals surface area contributed by atoms with Gasteiger partial charge in [-0.05, 0) is 37.5 Å². The summed E-state index contributed by atoms with van der Waals surface area (Å²) in [6, 6.07) is 9.95. The number of rotatable bonds is 6. The number of hydrogen-bond donors (Lipinski definition) is 1. The Balaban J connectivity index is 2.20. The predicted octanol–water partition coefficient (Wildman–Crippen LogP) is 3.11. The van der Waals surface area contributed by atoms with Gasteiger partial charge in [-0.1, -0.05) is 36.4 Å². The van der Waals surface area contributed by atoms with E-state index in [1.165, 1.54) is 15.9 Å². The quantitative estimate of drug-likeness (QED) is 0.725. The van der Waals surface area contributed by atoms with E-state index in [0.29, 0.717) is 29.7 Å². The van der Waals surface area contributed by atoms with Gasteiger partial charge in [0.05, 0.1) is 5.39 Å². The molecule has 26 heavy (non-hydrogen) atoms. The first-order valence-electron chi connectivity index (χ1n) is 8.69. The van der Waals surface area contributed by atoms with Gasteiger partial charge in [0.25, 0.3) is 5.56 Å². The van der Waals surface area contributed by atoms with Gasteiger partial charge in [0.15, 0.2) is 0 Å². The number of thiophene rings is 1. The average Bonchev–Trinajstić information content (AvgIpc) is 2.98. The normalized spacial score (nSPS) is 11.7. The SMILES string of the molecule is CCn1c(=O)c2c(C)c(C=Cc3ccccc3)sc2n(CCCO)c1=O. The molecule has 0 saturated carbocycles. The van der Waals surface area contributed by atoms with E-state index >= 15 is 0 Å². The second-order valence-corrected chi connectivity index (χ2v) is 7.11. The maximum Gasteiger partial charge on any atom is 0.332 e. The van der Waals surface area contributed by atoms with Crippen molar-refractivity contribution in [3.8, 4) is 0 Å². The molecule has 1 aromatic carbocycles. The Labute approximate surface area is 155 Å². The lowest BCUT2D eigenvalue weighted by atomic mass is 10.1. The topological polar surface area (TPSA) is 64.2 Å². The molecule has 0 fully saturated rings. The molecular formula is C20H22N2O3S. The van der Waals surface area contributed by atoms with Crippen molar-refractivity contribution in [2.24, 2.45) is 0 Å². The van der Waals surface area contributed by atoms with Gasteiger partial charge < -0.3 is 5.11 Å². The van der Waals surface area contributed by atoms with Crippen molar-refractivity contribution >= 4 is 33.7 Å². The summed E-state index contributed by atoms with van der Waals surface area (Å²) in [5.41, 5.74) is 1.43. The van der Waals surface area contributed by atoms with E-state index < -0.39 is 0 Å². The second kappa shape index (κ2) is 7.85. The van der Waals surface area contributed by atoms with Crippen LogP contribution in [0.15, 0.2) is 39.9 Å². The smallest absolute Gasteiger partial charge is 0.332 e. The van der Waals surface area contributed by atoms with E-state index in [9.17, 15) is 9.59 Å². The lowest BCUT2D eigenvalue weighted by Crippen LogP contribution is -2.39. The molecule has 6 heteroatoms. The third-order valence-corrected chi connectivity index (χ3v) is 5.69. The number of hydrogen-bond acceptors (Lipinski definition) is 4. The maximum atomic E-state index is 12.8. The molecule has 0 atom stereocenters. The summed E-state index contributed by atoms with van der Waals surface area (Å²) in [5.74, 6) is 0. The highest BCUT2D eigenvalue weighted by Gasteiger charge is 2.18. The average molecular weight is 370 g/mol. The summed E-state index contributed by atoms with van der Waals surface area (Å²) in [6.45, 7) is 4.45. The third kappa shape index (κ3) is 3.30. The summed E-state index contributed by atoms with van der Waals surface area (Å²) in [4.78, 5) is 27.1. The molecule has 0 unspecified atom stereocenters. The van der Waals surface area contributed by atoms with Crippen LogP contribution in [-0.2, 0) is 13.1 Å². The van der Waals surface area contributed by atoms with Gasteiger partial charge in [0, 0.05) is 24.6 Å². The van der Waals surface area contributed by atoms with Gasteiger partial charge in [0.1, 0.15) is 4.83 Å². The fraction of sp³-hybridized carbons (Fsp3) is 0.300. The van der Waals surface area contributed by atoms with Crippen LogP contribution in [0.1, 0.15) is 29.3 Å². The van der Waals surface area contributed by atoms with Crippen LogP contribution in [0.25, 0.3) is 22.4 Å². The largest absolute Gasteiger partial charge is 0.396 e. The van der Waals surface area contributed by atoms with Crippen LogP contribution in [0, 0.1) is 6.92 Å². The van der Waals surface area contributed by atoms with E-state index in [4.69, 9.17) is 5.11 Å². The lowest BCUT2D eigenvalue weighted by Gasteiger charge is -2.10. The molecule has 3 rings (SSSR count). The van der Waals surface area contributed by atoms with Gasteiger partial charge in [-0.25, -0.2) is 4.79 Å². The summed E-state index contributed by atoms with van der Waals surface area (Å²) >= 11 is 1.45. The van der Waals surface area contributed by atoms with Crippen molar-refractivity contribution in [2.75, 3.05) is 6.61 Å². The Morgan fingerprint density at radius 3 is 2.50 bits per heavy atom. The summed E-state index contributed by atoms with van der Waals surface area (Å²) in [7, 11) is 0. The summed E-state index contributed by atoms with van der Waals surface area (Å²) < 4.78 is 2.89. The first kappa shape index (κ1) is 18.4. The maximum absolute atomic E-state index is 12.8. The minimum Gasteiger partial charge on any atom is -0.396 e. The number of aromatic nitrogens is 2. The Hall–Kier alpha value is -2.44. The fourth-order valence-corrected chi connectivity index (χ4v) is 4.23. The fourth-order valence-electron chi connectivity index (χ4n) is 3.01. The zero-order valence-electron chi connectivity index (χ0n) is 14.9. The molecule has 2 aromatic heterocycles. The highest BCUT2D eigenvalue weighted by molar-refractivity contribution is 7.19. The Kier molecular flexibility index (Phi) is 5.54. The second-order valence-electron chi connectivity index (χ2n) is 6.08. The van der Waals surface area contributed by atoms with Crippen LogP contribution in [0.3, 0.4) is 0 Å². The van der Waals surface area contributed by atoms with Crippen molar-refractivity contribution in [3.05, 3.63) is 67.2 Å². The highest BCUT2D eigenvalue weighted by atomic mass is 32.1. The highest BCUT2D eigenvalue weighted by Crippen LogP contribution is 2.29. The van der Waals surface area contributed by atoms with Crippen molar-refractivity contribution in [1.82, 2.24) is 9.13 Å². The number of fused-ring (bicyclic) bond motifs is 1. The summed E-state index contributed by atoms with van der Waals surface area (Å²) in [6.07, 6.45) is 4.47. The lowest BCUT2D eigenvalue weighted by molar-refractivity contribution is 0.279. The monoisotopic (exact) mass is 370 g/mol. The Bertz CT molecular complexity index is 1060. The minimum atomic E-state index is -0.307. The van der Waals surface area contributed by atoms with Crippen LogP contribution in [0.2, 0.25) is 0 Å². The number of aliphatic hydroxyl groups excluding tert-OH is 1. The minimum absolute atomic E-state index is 0.00428. The number of benzene rings is 1. The molecule has 0 spiro atoms. The van der Waals surface area contributed by atoms with Crippen LogP contribution in [-0.4, -0.2) is 20.8 Å². The van der Waals surface area contributed by atoms with Gasteiger partial charge >= 0.3 is 5.69 Å². The van der Waals surface area contributed by atoms with Gasteiger partial charge in [-0.2, -0.15) is 0 Å². The molecular weight excluding hydrogens is 348 g/mol. The van der Waals surface area contributed by atoms with Gasteiger partial charge in [-0.3, -0.25) is 13.9 Å². The molecule has 0 aliphatic carbocycles. The van der Waals surface area contributed by atoms with Crippen molar-refractivity contribution in [1.29, 1.82) is 0 Å².